The number of aryl methyl sites for hydroxylation is 1. The van der Waals surface area contributed by atoms with Gasteiger partial charge in [0.1, 0.15) is 5.02 Å². The molecule has 10 heteroatoms. The fourth-order valence-electron chi connectivity index (χ4n) is 2.60. The summed E-state index contributed by atoms with van der Waals surface area (Å²) in [6.45, 7) is 0.795. The number of unbranched alkanes of at least 4 members (excludes halogenated alkanes) is 3. The van der Waals surface area contributed by atoms with Crippen molar-refractivity contribution in [3.63, 3.8) is 0 Å². The van der Waals surface area contributed by atoms with Crippen molar-refractivity contribution in [3.05, 3.63) is 23.6 Å². The van der Waals surface area contributed by atoms with Crippen LogP contribution in [-0.2, 0) is 11.3 Å². The highest BCUT2D eigenvalue weighted by Crippen LogP contribution is 2.28. The SMILES string of the molecule is O=C(CCCCCCn1cc(Nc2ncc(Cl)c(NC3CC3)n2)cn1)NO. The Balaban J connectivity index is 1.42. The van der Waals surface area contributed by atoms with E-state index in [1.165, 1.54) is 0 Å². The summed E-state index contributed by atoms with van der Waals surface area (Å²) < 4.78 is 1.86. The van der Waals surface area contributed by atoms with Gasteiger partial charge in [0.2, 0.25) is 11.9 Å². The van der Waals surface area contributed by atoms with Gasteiger partial charge in [-0.1, -0.05) is 24.4 Å². The van der Waals surface area contributed by atoms with E-state index in [4.69, 9.17) is 16.8 Å². The average molecular weight is 394 g/mol. The van der Waals surface area contributed by atoms with Gasteiger partial charge in [0, 0.05) is 25.2 Å². The summed E-state index contributed by atoms with van der Waals surface area (Å²) in [7, 11) is 0. The number of amides is 1. The number of anilines is 3. The Morgan fingerprint density at radius 2 is 2.07 bits per heavy atom. The molecule has 9 nitrogen and oxygen atoms in total. The smallest absolute Gasteiger partial charge is 0.243 e. The summed E-state index contributed by atoms with van der Waals surface area (Å²) in [6.07, 6.45) is 11.5. The third kappa shape index (κ3) is 6.37. The van der Waals surface area contributed by atoms with Gasteiger partial charge in [0.05, 0.1) is 18.1 Å². The van der Waals surface area contributed by atoms with Crippen molar-refractivity contribution in [3.8, 4) is 0 Å². The molecule has 0 saturated heterocycles. The minimum atomic E-state index is -0.335. The monoisotopic (exact) mass is 393 g/mol. The number of nitrogens with one attached hydrogen (secondary N) is 3. The summed E-state index contributed by atoms with van der Waals surface area (Å²) in [6, 6.07) is 0.464. The van der Waals surface area contributed by atoms with Crippen molar-refractivity contribution < 1.29 is 10.0 Å². The van der Waals surface area contributed by atoms with Gasteiger partial charge in [-0.15, -0.1) is 0 Å². The quantitative estimate of drug-likeness (QED) is 0.263. The summed E-state index contributed by atoms with van der Waals surface area (Å²) >= 11 is 6.13. The minimum absolute atomic E-state index is 0.335. The summed E-state index contributed by atoms with van der Waals surface area (Å²) in [5, 5.41) is 19.7. The molecule has 0 radical (unpaired) electrons. The number of hydrogen-bond acceptors (Lipinski definition) is 7. The van der Waals surface area contributed by atoms with Crippen LogP contribution in [0.25, 0.3) is 0 Å². The zero-order chi connectivity index (χ0) is 19.1. The van der Waals surface area contributed by atoms with E-state index in [-0.39, 0.29) is 5.91 Å². The van der Waals surface area contributed by atoms with Crippen molar-refractivity contribution in [2.75, 3.05) is 10.6 Å². The molecule has 146 valence electrons. The molecule has 1 fully saturated rings. The van der Waals surface area contributed by atoms with Gasteiger partial charge in [-0.2, -0.15) is 10.1 Å². The molecule has 2 heterocycles. The van der Waals surface area contributed by atoms with Crippen molar-refractivity contribution in [2.24, 2.45) is 0 Å². The second kappa shape index (κ2) is 9.52. The number of carbonyl (C=O) groups is 1. The van der Waals surface area contributed by atoms with Crippen LogP contribution in [0.5, 0.6) is 0 Å². The number of nitrogens with zero attached hydrogens (tertiary/aromatic N) is 4. The number of hydroxylamine groups is 1. The van der Waals surface area contributed by atoms with E-state index >= 15 is 0 Å². The fourth-order valence-corrected chi connectivity index (χ4v) is 2.74. The van der Waals surface area contributed by atoms with Crippen LogP contribution in [-0.4, -0.2) is 36.9 Å². The lowest BCUT2D eigenvalue weighted by Crippen LogP contribution is -2.17. The second-order valence-electron chi connectivity index (χ2n) is 6.63. The first kappa shape index (κ1) is 19.4. The number of rotatable bonds is 11. The van der Waals surface area contributed by atoms with Crippen molar-refractivity contribution >= 4 is 35.0 Å². The Kier molecular flexibility index (Phi) is 6.83. The lowest BCUT2D eigenvalue weighted by molar-refractivity contribution is -0.129. The van der Waals surface area contributed by atoms with E-state index in [9.17, 15) is 4.79 Å². The molecule has 4 N–H and O–H groups in total. The van der Waals surface area contributed by atoms with E-state index in [1.807, 2.05) is 10.9 Å². The lowest BCUT2D eigenvalue weighted by Gasteiger charge is -2.08. The summed E-state index contributed by atoms with van der Waals surface area (Å²) in [5.41, 5.74) is 2.46. The molecule has 3 rings (SSSR count). The average Bonchev–Trinajstić information content (AvgIpc) is 3.37. The maximum atomic E-state index is 10.9. The van der Waals surface area contributed by atoms with E-state index in [0.717, 1.165) is 50.8 Å². The van der Waals surface area contributed by atoms with Gasteiger partial charge in [-0.25, -0.2) is 10.5 Å². The molecular weight excluding hydrogens is 370 g/mol. The standard InChI is InChI=1S/C17H24ClN7O2/c18-14-10-19-17(23-16(14)21-12-6-7-12)22-13-9-20-25(11-13)8-4-2-1-3-5-15(26)24-27/h9-12,27H,1-8H2,(H,24,26)(H2,19,21,22,23). The molecule has 0 unspecified atom stereocenters. The van der Waals surface area contributed by atoms with E-state index in [1.54, 1.807) is 17.9 Å². The Hall–Kier alpha value is -2.39. The number of hydrogen-bond donors (Lipinski definition) is 4. The Bertz CT molecular complexity index is 763. The number of aromatic nitrogens is 4. The third-order valence-corrected chi connectivity index (χ3v) is 4.49. The van der Waals surface area contributed by atoms with Gasteiger partial charge in [-0.05, 0) is 25.7 Å². The molecule has 0 aromatic carbocycles. The molecule has 1 aliphatic carbocycles. The van der Waals surface area contributed by atoms with Crippen LogP contribution >= 0.6 is 11.6 Å². The fraction of sp³-hybridized carbons (Fsp3) is 0.529. The largest absolute Gasteiger partial charge is 0.366 e. The highest BCUT2D eigenvalue weighted by molar-refractivity contribution is 6.32. The highest BCUT2D eigenvalue weighted by atomic mass is 35.5. The Morgan fingerprint density at radius 1 is 1.26 bits per heavy atom. The molecule has 2 aromatic rings. The zero-order valence-electron chi connectivity index (χ0n) is 15.0. The van der Waals surface area contributed by atoms with E-state index < -0.39 is 0 Å². The van der Waals surface area contributed by atoms with Crippen molar-refractivity contribution in [1.82, 2.24) is 25.2 Å². The molecule has 0 bridgehead atoms. The van der Waals surface area contributed by atoms with Gasteiger partial charge < -0.3 is 10.6 Å². The van der Waals surface area contributed by atoms with Crippen molar-refractivity contribution in [2.45, 2.75) is 57.5 Å². The van der Waals surface area contributed by atoms with Crippen LogP contribution in [0.3, 0.4) is 0 Å². The molecule has 0 aliphatic heterocycles. The molecule has 0 spiro atoms. The van der Waals surface area contributed by atoms with Gasteiger partial charge >= 0.3 is 0 Å². The molecule has 0 atom stereocenters. The first-order valence-electron chi connectivity index (χ1n) is 9.15. The summed E-state index contributed by atoms with van der Waals surface area (Å²) in [5.74, 6) is 0.792. The highest BCUT2D eigenvalue weighted by Gasteiger charge is 2.22. The van der Waals surface area contributed by atoms with Gasteiger partial charge in [0.25, 0.3) is 0 Å². The first-order chi connectivity index (χ1) is 13.1. The third-order valence-electron chi connectivity index (χ3n) is 4.22. The van der Waals surface area contributed by atoms with Gasteiger partial charge in [0.15, 0.2) is 5.82 Å². The van der Waals surface area contributed by atoms with E-state index in [0.29, 0.717) is 29.3 Å². The molecule has 27 heavy (non-hydrogen) atoms. The first-order valence-corrected chi connectivity index (χ1v) is 9.53. The lowest BCUT2D eigenvalue weighted by atomic mass is 10.1. The van der Waals surface area contributed by atoms with Gasteiger partial charge in [-0.3, -0.25) is 14.7 Å². The molecule has 2 aromatic heterocycles. The van der Waals surface area contributed by atoms with Crippen molar-refractivity contribution in [1.29, 1.82) is 0 Å². The molecule has 1 saturated carbocycles. The molecule has 1 amide bonds. The number of halogens is 1. The number of carbonyl (C=O) groups excluding carboxylic acids is 1. The van der Waals surface area contributed by atoms with Crippen LogP contribution < -0.4 is 16.1 Å². The normalized spacial score (nSPS) is 13.4. The second-order valence-corrected chi connectivity index (χ2v) is 7.03. The molecular formula is C17H24ClN7O2. The maximum absolute atomic E-state index is 10.9. The molecule has 1 aliphatic rings. The van der Waals surface area contributed by atoms with Crippen LogP contribution in [0, 0.1) is 0 Å². The maximum Gasteiger partial charge on any atom is 0.243 e. The minimum Gasteiger partial charge on any atom is -0.366 e. The van der Waals surface area contributed by atoms with E-state index in [2.05, 4.69) is 25.7 Å². The summed E-state index contributed by atoms with van der Waals surface area (Å²) in [4.78, 5) is 19.5. The Morgan fingerprint density at radius 3 is 2.85 bits per heavy atom. The van der Waals surface area contributed by atoms with Crippen LogP contribution in [0.1, 0.15) is 44.9 Å². The topological polar surface area (TPSA) is 117 Å². The zero-order valence-corrected chi connectivity index (χ0v) is 15.7. The Labute approximate surface area is 162 Å². The van der Waals surface area contributed by atoms with Crippen LogP contribution in [0.15, 0.2) is 18.6 Å². The van der Waals surface area contributed by atoms with Crippen LogP contribution in [0.2, 0.25) is 5.02 Å². The predicted molar refractivity (Wildman–Crippen MR) is 102 cm³/mol. The van der Waals surface area contributed by atoms with Crippen LogP contribution in [0.4, 0.5) is 17.5 Å². The predicted octanol–water partition coefficient (Wildman–Crippen LogP) is 3.10.